The number of nitrogens with zero attached hydrogens (tertiary/aromatic N) is 3. The molecule has 0 spiro atoms. The van der Waals surface area contributed by atoms with Gasteiger partial charge in [-0.3, -0.25) is 14.0 Å². The first-order chi connectivity index (χ1) is 18.3. The van der Waals surface area contributed by atoms with Gasteiger partial charge in [-0.1, -0.05) is 23.7 Å². The number of piperazine rings is 1. The summed E-state index contributed by atoms with van der Waals surface area (Å²) in [5.74, 6) is 1.76. The van der Waals surface area contributed by atoms with Gasteiger partial charge in [-0.05, 0) is 60.2 Å². The highest BCUT2D eigenvalue weighted by Crippen LogP contribution is 2.33. The topological polar surface area (TPSA) is 88.6 Å². The van der Waals surface area contributed by atoms with Gasteiger partial charge in [0.25, 0.3) is 10.0 Å². The van der Waals surface area contributed by atoms with Crippen LogP contribution in [0.4, 0.5) is 5.69 Å². The second-order valence-corrected chi connectivity index (χ2v) is 11.3. The first-order valence-electron chi connectivity index (χ1n) is 12.1. The van der Waals surface area contributed by atoms with Crippen molar-refractivity contribution in [3.63, 3.8) is 0 Å². The average molecular weight is 558 g/mol. The van der Waals surface area contributed by atoms with Crippen LogP contribution in [0.5, 0.6) is 17.2 Å². The van der Waals surface area contributed by atoms with Crippen LogP contribution >= 0.6 is 11.6 Å². The molecule has 0 aliphatic carbocycles. The van der Waals surface area contributed by atoms with Crippen molar-refractivity contribution < 1.29 is 27.4 Å². The lowest BCUT2D eigenvalue weighted by Gasteiger charge is -2.36. The first-order valence-corrected chi connectivity index (χ1v) is 14.0. The Morgan fingerprint density at radius 2 is 1.71 bits per heavy atom. The number of sulfonamides is 1. The van der Waals surface area contributed by atoms with Gasteiger partial charge in [0.15, 0.2) is 11.5 Å². The fraction of sp³-hybridized carbons (Fsp3) is 0.296. The zero-order valence-corrected chi connectivity index (χ0v) is 22.5. The maximum atomic E-state index is 13.6. The number of ether oxygens (including phenoxy) is 3. The predicted molar refractivity (Wildman–Crippen MR) is 143 cm³/mol. The third kappa shape index (κ3) is 5.67. The number of carbonyl (C=O) groups is 1. The summed E-state index contributed by atoms with van der Waals surface area (Å²) in [5, 5.41) is 0.377. The van der Waals surface area contributed by atoms with Crippen molar-refractivity contribution in [3.05, 3.63) is 77.3 Å². The second-order valence-electron chi connectivity index (χ2n) is 9.01. The second kappa shape index (κ2) is 11.1. The molecule has 11 heteroatoms. The van der Waals surface area contributed by atoms with Crippen LogP contribution in [-0.2, 0) is 21.4 Å². The fourth-order valence-corrected chi connectivity index (χ4v) is 6.09. The summed E-state index contributed by atoms with van der Waals surface area (Å²) in [6.45, 7) is 2.95. The van der Waals surface area contributed by atoms with E-state index in [1.54, 1.807) is 41.3 Å². The fourth-order valence-electron chi connectivity index (χ4n) is 4.50. The molecule has 3 aromatic rings. The van der Waals surface area contributed by atoms with Gasteiger partial charge in [0.1, 0.15) is 12.3 Å². The summed E-state index contributed by atoms with van der Waals surface area (Å²) in [4.78, 5) is 17.4. The molecule has 200 valence electrons. The Labute approximate surface area is 227 Å². The smallest absolute Gasteiger partial charge is 0.264 e. The molecule has 3 aromatic carbocycles. The number of benzene rings is 3. The Morgan fingerprint density at radius 1 is 0.974 bits per heavy atom. The molecule has 0 aromatic heterocycles. The predicted octanol–water partition coefficient (Wildman–Crippen LogP) is 3.62. The maximum absolute atomic E-state index is 13.6. The number of halogens is 1. The highest BCUT2D eigenvalue weighted by molar-refractivity contribution is 7.92. The van der Waals surface area contributed by atoms with E-state index in [1.165, 1.54) is 19.2 Å². The van der Waals surface area contributed by atoms with Crippen LogP contribution in [0.1, 0.15) is 5.56 Å². The standard InChI is InChI=1S/C27H28ClN3O6S/c1-35-23-6-8-24(9-7-23)38(33,34)31(22-4-2-3-21(28)16-22)18-27(32)30-13-11-29(12-14-30)17-20-5-10-25-26(15-20)37-19-36-25/h2-10,15-16H,11-14,17-19H2,1H3. The van der Waals surface area contributed by atoms with E-state index in [-0.39, 0.29) is 24.1 Å². The molecule has 0 atom stereocenters. The van der Waals surface area contributed by atoms with Crippen molar-refractivity contribution in [2.75, 3.05) is 50.9 Å². The van der Waals surface area contributed by atoms with Crippen molar-refractivity contribution in [2.45, 2.75) is 11.4 Å². The number of rotatable bonds is 8. The van der Waals surface area contributed by atoms with Gasteiger partial charge in [0.2, 0.25) is 12.7 Å². The first kappa shape index (κ1) is 26.1. The Kier molecular flexibility index (Phi) is 7.64. The molecule has 0 N–H and O–H groups in total. The number of amides is 1. The lowest BCUT2D eigenvalue weighted by atomic mass is 10.1. The van der Waals surface area contributed by atoms with Crippen LogP contribution in [0.2, 0.25) is 5.02 Å². The average Bonchev–Trinajstić information content (AvgIpc) is 3.40. The molecule has 2 aliphatic heterocycles. The number of hydrogen-bond acceptors (Lipinski definition) is 7. The minimum Gasteiger partial charge on any atom is -0.497 e. The molecule has 1 amide bonds. The van der Waals surface area contributed by atoms with E-state index in [0.717, 1.165) is 27.9 Å². The van der Waals surface area contributed by atoms with Crippen LogP contribution in [0.15, 0.2) is 71.6 Å². The molecular weight excluding hydrogens is 530 g/mol. The molecule has 9 nitrogen and oxygen atoms in total. The van der Waals surface area contributed by atoms with Gasteiger partial charge in [-0.2, -0.15) is 0 Å². The summed E-state index contributed by atoms with van der Waals surface area (Å²) >= 11 is 6.17. The van der Waals surface area contributed by atoms with E-state index in [0.29, 0.717) is 42.6 Å². The molecule has 1 fully saturated rings. The maximum Gasteiger partial charge on any atom is 0.264 e. The molecule has 0 unspecified atom stereocenters. The molecule has 2 heterocycles. The monoisotopic (exact) mass is 557 g/mol. The van der Waals surface area contributed by atoms with E-state index < -0.39 is 10.0 Å². The summed E-state index contributed by atoms with van der Waals surface area (Å²) in [7, 11) is -2.54. The lowest BCUT2D eigenvalue weighted by molar-refractivity contribution is -0.131. The molecule has 0 saturated carbocycles. The molecule has 0 radical (unpaired) electrons. The van der Waals surface area contributed by atoms with E-state index in [4.69, 9.17) is 25.8 Å². The molecule has 1 saturated heterocycles. The van der Waals surface area contributed by atoms with Gasteiger partial charge in [0.05, 0.1) is 17.7 Å². The zero-order chi connectivity index (χ0) is 26.7. The third-order valence-corrected chi connectivity index (χ3v) is 8.61. The van der Waals surface area contributed by atoms with Crippen molar-refractivity contribution in [2.24, 2.45) is 0 Å². The van der Waals surface area contributed by atoms with Gasteiger partial charge in [0, 0.05) is 37.7 Å². The SMILES string of the molecule is COc1ccc(S(=O)(=O)N(CC(=O)N2CCN(Cc3ccc4c(c3)OCO4)CC2)c2cccc(Cl)c2)cc1. The van der Waals surface area contributed by atoms with Crippen LogP contribution in [0.25, 0.3) is 0 Å². The van der Waals surface area contributed by atoms with E-state index in [1.807, 2.05) is 18.2 Å². The third-order valence-electron chi connectivity index (χ3n) is 6.59. The van der Waals surface area contributed by atoms with Gasteiger partial charge in [-0.15, -0.1) is 0 Å². The molecule has 0 bridgehead atoms. The zero-order valence-electron chi connectivity index (χ0n) is 20.9. The minimum atomic E-state index is -4.05. The van der Waals surface area contributed by atoms with Gasteiger partial charge >= 0.3 is 0 Å². The Hall–Kier alpha value is -3.47. The Morgan fingerprint density at radius 3 is 2.42 bits per heavy atom. The molecule has 5 rings (SSSR count). The minimum absolute atomic E-state index is 0.0552. The largest absolute Gasteiger partial charge is 0.497 e. The summed E-state index contributed by atoms with van der Waals surface area (Å²) < 4.78 is 44.4. The van der Waals surface area contributed by atoms with E-state index in [9.17, 15) is 13.2 Å². The highest BCUT2D eigenvalue weighted by atomic mass is 35.5. The number of methoxy groups -OCH3 is 1. The van der Waals surface area contributed by atoms with Gasteiger partial charge in [-0.25, -0.2) is 8.42 Å². The number of hydrogen-bond donors (Lipinski definition) is 0. The van der Waals surface area contributed by atoms with Crippen LogP contribution in [0.3, 0.4) is 0 Å². The molecule has 38 heavy (non-hydrogen) atoms. The van der Waals surface area contributed by atoms with Crippen LogP contribution in [-0.4, -0.2) is 70.8 Å². The Bertz CT molecular complexity index is 1410. The van der Waals surface area contributed by atoms with E-state index >= 15 is 0 Å². The quantitative estimate of drug-likeness (QED) is 0.418. The normalized spacial score (nSPS) is 15.4. The summed E-state index contributed by atoms with van der Waals surface area (Å²) in [6.07, 6.45) is 0. The summed E-state index contributed by atoms with van der Waals surface area (Å²) in [5.41, 5.74) is 1.43. The Balaban J connectivity index is 1.27. The number of anilines is 1. The van der Waals surface area contributed by atoms with Crippen LogP contribution < -0.4 is 18.5 Å². The van der Waals surface area contributed by atoms with Crippen molar-refractivity contribution in [1.29, 1.82) is 0 Å². The van der Waals surface area contributed by atoms with Crippen molar-refractivity contribution in [3.8, 4) is 17.2 Å². The summed E-state index contributed by atoms with van der Waals surface area (Å²) in [6, 6.07) is 18.5. The lowest BCUT2D eigenvalue weighted by Crippen LogP contribution is -2.51. The number of fused-ring (bicyclic) bond motifs is 1. The number of carbonyl (C=O) groups excluding carboxylic acids is 1. The van der Waals surface area contributed by atoms with Crippen molar-refractivity contribution in [1.82, 2.24) is 9.80 Å². The highest BCUT2D eigenvalue weighted by Gasteiger charge is 2.30. The van der Waals surface area contributed by atoms with E-state index in [2.05, 4.69) is 4.90 Å². The van der Waals surface area contributed by atoms with Crippen molar-refractivity contribution >= 4 is 33.2 Å². The van der Waals surface area contributed by atoms with Crippen LogP contribution in [0, 0.1) is 0 Å². The molecular formula is C27H28ClN3O6S. The van der Waals surface area contributed by atoms with Gasteiger partial charge < -0.3 is 19.1 Å². The molecule has 2 aliphatic rings.